The van der Waals surface area contributed by atoms with Gasteiger partial charge in [0.2, 0.25) is 0 Å². The van der Waals surface area contributed by atoms with Crippen molar-refractivity contribution < 1.29 is 14.6 Å². The number of rotatable bonds is 4. The van der Waals surface area contributed by atoms with Gasteiger partial charge in [0.15, 0.2) is 0 Å². The van der Waals surface area contributed by atoms with Gasteiger partial charge in [0.05, 0.1) is 13.2 Å². The highest BCUT2D eigenvalue weighted by molar-refractivity contribution is 5.94. The number of amidine groups is 1. The molecule has 1 aromatic carbocycles. The second kappa shape index (κ2) is 8.30. The maximum atomic E-state index is 12.4. The standard InChI is InChI=1S/C25H37N3O3/c1-16-21(24(2,3)4)19-14-27(13-17-9-11-18(31-8)12-10-17)15-20(22(29)30)28(19)23(26-16)25(5,6)7/h9-12,16,20H,13-15H2,1-8H3,(H,29,30)/t16-,20-/m0/s1. The zero-order chi connectivity index (χ0) is 23.1. The van der Waals surface area contributed by atoms with E-state index in [1.54, 1.807) is 7.11 Å². The monoisotopic (exact) mass is 427 g/mol. The third kappa shape index (κ3) is 4.79. The molecule has 0 unspecified atom stereocenters. The summed E-state index contributed by atoms with van der Waals surface area (Å²) in [5.74, 6) is 0.887. The number of hydrogen-bond acceptors (Lipinski definition) is 5. The normalized spacial score (nSPS) is 22.8. The van der Waals surface area contributed by atoms with Gasteiger partial charge in [0, 0.05) is 30.7 Å². The molecule has 2 atom stereocenters. The molecule has 170 valence electrons. The Morgan fingerprint density at radius 1 is 1.13 bits per heavy atom. The lowest BCUT2D eigenvalue weighted by Gasteiger charge is -2.50. The van der Waals surface area contributed by atoms with Gasteiger partial charge >= 0.3 is 5.97 Å². The molecule has 2 heterocycles. The smallest absolute Gasteiger partial charge is 0.328 e. The summed E-state index contributed by atoms with van der Waals surface area (Å²) in [5.41, 5.74) is 3.13. The SMILES string of the molecule is COc1ccc(CN2CC3=C(C(C)(C)C)[C@H](C)N=C(C(C)(C)C)N3[C@H](C(=O)O)C2)cc1. The number of carboxylic acids is 1. The molecule has 2 aliphatic heterocycles. The minimum Gasteiger partial charge on any atom is -0.497 e. The lowest BCUT2D eigenvalue weighted by Crippen LogP contribution is -2.61. The number of methoxy groups -OCH3 is 1. The first-order valence-electron chi connectivity index (χ1n) is 11.0. The fourth-order valence-electron chi connectivity index (χ4n) is 4.82. The Hall–Kier alpha value is -2.34. The molecule has 6 heteroatoms. The Balaban J connectivity index is 2.05. The van der Waals surface area contributed by atoms with Crippen LogP contribution in [0.1, 0.15) is 54.0 Å². The molecule has 0 amide bonds. The second-order valence-corrected chi connectivity index (χ2v) is 10.7. The van der Waals surface area contributed by atoms with E-state index in [0.717, 1.165) is 22.8 Å². The molecule has 1 aromatic rings. The van der Waals surface area contributed by atoms with E-state index in [2.05, 4.69) is 53.4 Å². The van der Waals surface area contributed by atoms with Gasteiger partial charge in [-0.2, -0.15) is 0 Å². The Morgan fingerprint density at radius 2 is 1.74 bits per heavy atom. The lowest BCUT2D eigenvalue weighted by molar-refractivity contribution is -0.143. The molecule has 2 aliphatic rings. The average Bonchev–Trinajstić information content (AvgIpc) is 2.65. The largest absolute Gasteiger partial charge is 0.497 e. The van der Waals surface area contributed by atoms with Gasteiger partial charge in [-0.25, -0.2) is 4.79 Å². The highest BCUT2D eigenvalue weighted by Gasteiger charge is 2.46. The van der Waals surface area contributed by atoms with E-state index in [-0.39, 0.29) is 16.9 Å². The van der Waals surface area contributed by atoms with Crippen LogP contribution in [0, 0.1) is 10.8 Å². The van der Waals surface area contributed by atoms with Crippen molar-refractivity contribution in [1.29, 1.82) is 0 Å². The van der Waals surface area contributed by atoms with E-state index in [1.165, 1.54) is 5.57 Å². The number of benzene rings is 1. The topological polar surface area (TPSA) is 65.4 Å². The van der Waals surface area contributed by atoms with E-state index in [0.29, 0.717) is 19.6 Å². The van der Waals surface area contributed by atoms with Crippen LogP contribution in [-0.4, -0.2) is 59.0 Å². The van der Waals surface area contributed by atoms with Crippen LogP contribution in [0.4, 0.5) is 0 Å². The van der Waals surface area contributed by atoms with Crippen molar-refractivity contribution in [3.63, 3.8) is 0 Å². The molecule has 0 aliphatic carbocycles. The first kappa shape index (κ1) is 23.3. The zero-order valence-corrected chi connectivity index (χ0v) is 20.2. The quantitative estimate of drug-likeness (QED) is 0.771. The van der Waals surface area contributed by atoms with Crippen LogP contribution >= 0.6 is 0 Å². The molecule has 1 N–H and O–H groups in total. The number of piperazine rings is 1. The number of fused-ring (bicyclic) bond motifs is 1. The fraction of sp³-hybridized carbons (Fsp3) is 0.600. The highest BCUT2D eigenvalue weighted by atomic mass is 16.5. The highest BCUT2D eigenvalue weighted by Crippen LogP contribution is 2.41. The Bertz CT molecular complexity index is 888. The van der Waals surface area contributed by atoms with Gasteiger partial charge in [-0.05, 0) is 35.6 Å². The molecule has 3 rings (SSSR count). The number of nitrogens with zero attached hydrogens (tertiary/aromatic N) is 3. The first-order valence-corrected chi connectivity index (χ1v) is 11.0. The number of hydrogen-bond donors (Lipinski definition) is 1. The van der Waals surface area contributed by atoms with E-state index in [4.69, 9.17) is 9.73 Å². The lowest BCUT2D eigenvalue weighted by atomic mass is 9.78. The summed E-state index contributed by atoms with van der Waals surface area (Å²) < 4.78 is 5.27. The van der Waals surface area contributed by atoms with Crippen molar-refractivity contribution in [1.82, 2.24) is 9.80 Å². The number of aliphatic carboxylic acids is 1. The summed E-state index contributed by atoms with van der Waals surface area (Å²) in [6.07, 6.45) is 0. The predicted octanol–water partition coefficient (Wildman–Crippen LogP) is 4.41. The minimum atomic E-state index is -0.809. The predicted molar refractivity (Wildman–Crippen MR) is 124 cm³/mol. The van der Waals surface area contributed by atoms with Crippen molar-refractivity contribution in [2.45, 2.75) is 67.1 Å². The number of aliphatic imine (C=N–C) groups is 1. The van der Waals surface area contributed by atoms with Gasteiger partial charge in [-0.3, -0.25) is 9.89 Å². The van der Waals surface area contributed by atoms with Crippen LogP contribution in [0.3, 0.4) is 0 Å². The van der Waals surface area contributed by atoms with Crippen molar-refractivity contribution in [2.24, 2.45) is 15.8 Å². The third-order valence-electron chi connectivity index (χ3n) is 6.01. The Labute approximate surface area is 186 Å². The van der Waals surface area contributed by atoms with Crippen LogP contribution in [0.15, 0.2) is 40.5 Å². The van der Waals surface area contributed by atoms with Gasteiger partial charge < -0.3 is 14.7 Å². The molecule has 0 saturated carbocycles. The van der Waals surface area contributed by atoms with Gasteiger partial charge in [-0.15, -0.1) is 0 Å². The molecule has 31 heavy (non-hydrogen) atoms. The van der Waals surface area contributed by atoms with Crippen LogP contribution in [0.25, 0.3) is 0 Å². The summed E-state index contributed by atoms with van der Waals surface area (Å²) in [6.45, 7) is 16.9. The molecule has 0 bridgehead atoms. The fourth-order valence-corrected chi connectivity index (χ4v) is 4.82. The average molecular weight is 428 g/mol. The van der Waals surface area contributed by atoms with Crippen LogP contribution in [0.2, 0.25) is 0 Å². The summed E-state index contributed by atoms with van der Waals surface area (Å²) in [5, 5.41) is 10.2. The van der Waals surface area contributed by atoms with Crippen LogP contribution < -0.4 is 4.74 Å². The van der Waals surface area contributed by atoms with E-state index < -0.39 is 12.0 Å². The van der Waals surface area contributed by atoms with Gasteiger partial charge in [0.25, 0.3) is 0 Å². The van der Waals surface area contributed by atoms with Crippen LogP contribution in [0.5, 0.6) is 5.75 Å². The molecule has 0 spiro atoms. The minimum absolute atomic E-state index is 0.0239. The number of carbonyl (C=O) groups is 1. The van der Waals surface area contributed by atoms with E-state index in [9.17, 15) is 9.90 Å². The Kier molecular flexibility index (Phi) is 6.25. The molecular weight excluding hydrogens is 390 g/mol. The maximum Gasteiger partial charge on any atom is 0.328 e. The van der Waals surface area contributed by atoms with Crippen molar-refractivity contribution in [3.8, 4) is 5.75 Å². The van der Waals surface area contributed by atoms with Crippen molar-refractivity contribution in [3.05, 3.63) is 41.1 Å². The Morgan fingerprint density at radius 3 is 2.23 bits per heavy atom. The molecular formula is C25H37N3O3. The maximum absolute atomic E-state index is 12.4. The van der Waals surface area contributed by atoms with Gasteiger partial charge in [-0.1, -0.05) is 53.7 Å². The van der Waals surface area contributed by atoms with Crippen molar-refractivity contribution >= 4 is 11.8 Å². The first-order chi connectivity index (χ1) is 14.3. The molecule has 1 fully saturated rings. The summed E-state index contributed by atoms with van der Waals surface area (Å²) in [7, 11) is 1.66. The molecule has 0 radical (unpaired) electrons. The summed E-state index contributed by atoms with van der Waals surface area (Å²) in [6, 6.07) is 7.36. The van der Waals surface area contributed by atoms with Crippen LogP contribution in [-0.2, 0) is 11.3 Å². The zero-order valence-electron chi connectivity index (χ0n) is 20.2. The molecule has 0 aromatic heterocycles. The summed E-state index contributed by atoms with van der Waals surface area (Å²) in [4.78, 5) is 21.8. The molecule has 6 nitrogen and oxygen atoms in total. The van der Waals surface area contributed by atoms with Gasteiger partial charge in [0.1, 0.15) is 17.6 Å². The second-order valence-electron chi connectivity index (χ2n) is 10.7. The third-order valence-corrected chi connectivity index (χ3v) is 6.01. The van der Waals surface area contributed by atoms with E-state index >= 15 is 0 Å². The summed E-state index contributed by atoms with van der Waals surface area (Å²) >= 11 is 0. The van der Waals surface area contributed by atoms with Crippen molar-refractivity contribution in [2.75, 3.05) is 20.2 Å². The molecule has 1 saturated heterocycles. The number of ether oxygens (including phenoxy) is 1. The number of carboxylic acid groups (broad SMARTS) is 1. The van der Waals surface area contributed by atoms with E-state index in [1.807, 2.05) is 29.2 Å².